The van der Waals surface area contributed by atoms with Gasteiger partial charge in [0, 0.05) is 6.54 Å². The maximum atomic E-state index is 6.03. The van der Waals surface area contributed by atoms with E-state index in [2.05, 4.69) is 40.9 Å². The summed E-state index contributed by atoms with van der Waals surface area (Å²) in [6.45, 7) is 3.13. The lowest BCUT2D eigenvalue weighted by Crippen LogP contribution is -2.02. The Morgan fingerprint density at radius 1 is 1.26 bits per heavy atom. The zero-order valence-corrected chi connectivity index (χ0v) is 13.2. The molecule has 0 saturated carbocycles. The van der Waals surface area contributed by atoms with Gasteiger partial charge in [-0.1, -0.05) is 18.6 Å². The fourth-order valence-corrected chi connectivity index (χ4v) is 3.08. The monoisotopic (exact) mass is 296 g/mol. The average molecular weight is 297 g/mol. The van der Waals surface area contributed by atoms with Gasteiger partial charge in [0.15, 0.2) is 0 Å². The molecule has 0 radical (unpaired) electrons. The van der Waals surface area contributed by atoms with Crippen molar-refractivity contribution in [1.29, 1.82) is 0 Å². The third kappa shape index (κ3) is 3.46. The van der Waals surface area contributed by atoms with Gasteiger partial charge in [-0.05, 0) is 43.4 Å². The largest absolute Gasteiger partial charge is 0.327 e. The van der Waals surface area contributed by atoms with Crippen molar-refractivity contribution in [2.45, 2.75) is 38.6 Å². The van der Waals surface area contributed by atoms with E-state index >= 15 is 0 Å². The van der Waals surface area contributed by atoms with Crippen molar-refractivity contribution in [2.75, 3.05) is 12.0 Å². The highest BCUT2D eigenvalue weighted by atomic mass is 35.5. The summed E-state index contributed by atoms with van der Waals surface area (Å²) in [5.74, 6) is 2.74. The molecule has 0 spiro atoms. The van der Waals surface area contributed by atoms with E-state index in [0.717, 1.165) is 17.9 Å². The maximum absolute atomic E-state index is 6.03. The number of unbranched alkanes of at least 4 members (excludes halogenated alkanes) is 2. The minimum absolute atomic E-state index is 0.485. The number of rotatable bonds is 7. The predicted molar refractivity (Wildman–Crippen MR) is 86.3 cm³/mol. The number of para-hydroxylation sites is 1. The molecule has 2 aromatic rings. The van der Waals surface area contributed by atoms with Crippen LogP contribution in [0.3, 0.4) is 0 Å². The molecule has 19 heavy (non-hydrogen) atoms. The molecule has 0 fully saturated rings. The normalized spacial score (nSPS) is 11.3. The van der Waals surface area contributed by atoms with E-state index in [1.54, 1.807) is 0 Å². The van der Waals surface area contributed by atoms with Crippen LogP contribution in [-0.2, 0) is 12.4 Å². The van der Waals surface area contributed by atoms with Gasteiger partial charge in [-0.3, -0.25) is 0 Å². The first-order chi connectivity index (χ1) is 9.27. The number of hydrogen-bond donors (Lipinski definition) is 0. The number of imidazole rings is 1. The topological polar surface area (TPSA) is 17.8 Å². The number of benzene rings is 1. The molecule has 0 aliphatic heterocycles. The molecule has 4 heteroatoms. The van der Waals surface area contributed by atoms with Crippen LogP contribution in [0.5, 0.6) is 0 Å². The van der Waals surface area contributed by atoms with Crippen LogP contribution in [0.25, 0.3) is 11.0 Å². The highest BCUT2D eigenvalue weighted by molar-refractivity contribution is 7.98. The Balaban J connectivity index is 2.14. The maximum Gasteiger partial charge on any atom is 0.124 e. The summed E-state index contributed by atoms with van der Waals surface area (Å²) in [5.41, 5.74) is 3.55. The smallest absolute Gasteiger partial charge is 0.124 e. The summed E-state index contributed by atoms with van der Waals surface area (Å²) in [6, 6.07) is 6.35. The Labute approximate surface area is 124 Å². The lowest BCUT2D eigenvalue weighted by molar-refractivity contribution is 0.602. The van der Waals surface area contributed by atoms with Gasteiger partial charge in [0.2, 0.25) is 0 Å². The van der Waals surface area contributed by atoms with Crippen LogP contribution in [0.1, 0.15) is 30.7 Å². The van der Waals surface area contributed by atoms with Crippen LogP contribution in [-0.4, -0.2) is 21.6 Å². The van der Waals surface area contributed by atoms with E-state index < -0.39 is 0 Å². The quantitative estimate of drug-likeness (QED) is 0.548. The van der Waals surface area contributed by atoms with Crippen molar-refractivity contribution in [3.05, 3.63) is 29.6 Å². The SMILES string of the molecule is CSCCCCCn1c(CCl)nc2c(C)cccc21. The van der Waals surface area contributed by atoms with Crippen molar-refractivity contribution < 1.29 is 0 Å². The minimum Gasteiger partial charge on any atom is -0.327 e. The number of aromatic nitrogens is 2. The number of fused-ring (bicyclic) bond motifs is 1. The number of thioether (sulfide) groups is 1. The van der Waals surface area contributed by atoms with E-state index in [1.165, 1.54) is 36.1 Å². The van der Waals surface area contributed by atoms with Gasteiger partial charge in [-0.15, -0.1) is 11.6 Å². The van der Waals surface area contributed by atoms with E-state index in [-0.39, 0.29) is 0 Å². The van der Waals surface area contributed by atoms with Crippen LogP contribution in [0.4, 0.5) is 0 Å². The lowest BCUT2D eigenvalue weighted by Gasteiger charge is -2.07. The molecule has 104 valence electrons. The molecule has 1 aromatic carbocycles. The fraction of sp³-hybridized carbons (Fsp3) is 0.533. The summed E-state index contributed by atoms with van der Waals surface area (Å²) in [4.78, 5) is 4.67. The van der Waals surface area contributed by atoms with Gasteiger partial charge in [0.1, 0.15) is 5.82 Å². The Morgan fingerprint density at radius 3 is 2.84 bits per heavy atom. The van der Waals surface area contributed by atoms with Gasteiger partial charge in [-0.25, -0.2) is 4.98 Å². The summed E-state index contributed by atoms with van der Waals surface area (Å²) in [5, 5.41) is 0. The second-order valence-corrected chi connectivity index (χ2v) is 6.06. The second kappa shape index (κ2) is 7.20. The average Bonchev–Trinajstić information content (AvgIpc) is 2.78. The molecular weight excluding hydrogens is 276 g/mol. The van der Waals surface area contributed by atoms with Gasteiger partial charge in [-0.2, -0.15) is 11.8 Å². The molecule has 0 aliphatic rings. The molecule has 0 atom stereocenters. The zero-order chi connectivity index (χ0) is 13.7. The van der Waals surface area contributed by atoms with E-state index in [1.807, 2.05) is 11.8 Å². The molecule has 0 N–H and O–H groups in total. The number of aryl methyl sites for hydroxylation is 2. The molecule has 1 aromatic heterocycles. The summed E-state index contributed by atoms with van der Waals surface area (Å²) in [6.07, 6.45) is 5.93. The van der Waals surface area contributed by atoms with E-state index in [0.29, 0.717) is 5.88 Å². The molecule has 2 rings (SSSR count). The number of nitrogens with zero attached hydrogens (tertiary/aromatic N) is 2. The predicted octanol–water partition coefficient (Wildman–Crippen LogP) is 4.62. The second-order valence-electron chi connectivity index (χ2n) is 4.81. The standard InChI is InChI=1S/C15H21ClN2S/c1-12-7-6-8-13-15(12)17-14(11-16)18(13)9-4-3-5-10-19-2/h6-8H,3-5,9-11H2,1-2H3. The molecule has 1 heterocycles. The van der Waals surface area contributed by atoms with Gasteiger partial charge in [0.25, 0.3) is 0 Å². The molecular formula is C15H21ClN2S. The molecule has 0 saturated heterocycles. The van der Waals surface area contributed by atoms with Crippen LogP contribution < -0.4 is 0 Å². The Morgan fingerprint density at radius 2 is 2.11 bits per heavy atom. The Bertz CT molecular complexity index is 536. The third-order valence-corrected chi connectivity index (χ3v) is 4.35. The summed E-state index contributed by atoms with van der Waals surface area (Å²) in [7, 11) is 0. The van der Waals surface area contributed by atoms with Crippen molar-refractivity contribution in [1.82, 2.24) is 9.55 Å². The first kappa shape index (κ1) is 14.7. The Hall–Kier alpha value is -0.670. The molecule has 0 bridgehead atoms. The molecule has 2 nitrogen and oxygen atoms in total. The molecule has 0 unspecified atom stereocenters. The first-order valence-electron chi connectivity index (χ1n) is 6.77. The third-order valence-electron chi connectivity index (χ3n) is 3.41. The fourth-order valence-electron chi connectivity index (χ4n) is 2.38. The van der Waals surface area contributed by atoms with Crippen LogP contribution >= 0.6 is 23.4 Å². The van der Waals surface area contributed by atoms with Crippen molar-refractivity contribution in [2.24, 2.45) is 0 Å². The van der Waals surface area contributed by atoms with Crippen LogP contribution in [0, 0.1) is 6.92 Å². The number of hydrogen-bond acceptors (Lipinski definition) is 2. The van der Waals surface area contributed by atoms with Gasteiger partial charge in [0.05, 0.1) is 16.9 Å². The van der Waals surface area contributed by atoms with Gasteiger partial charge < -0.3 is 4.57 Å². The zero-order valence-electron chi connectivity index (χ0n) is 11.7. The summed E-state index contributed by atoms with van der Waals surface area (Å²) < 4.78 is 2.29. The number of alkyl halides is 1. The van der Waals surface area contributed by atoms with Crippen molar-refractivity contribution in [3.63, 3.8) is 0 Å². The van der Waals surface area contributed by atoms with E-state index in [9.17, 15) is 0 Å². The van der Waals surface area contributed by atoms with E-state index in [4.69, 9.17) is 11.6 Å². The highest BCUT2D eigenvalue weighted by Crippen LogP contribution is 2.21. The Kier molecular flexibility index (Phi) is 5.59. The molecule has 0 amide bonds. The van der Waals surface area contributed by atoms with Crippen LogP contribution in [0.15, 0.2) is 18.2 Å². The lowest BCUT2D eigenvalue weighted by atomic mass is 10.2. The minimum atomic E-state index is 0.485. The molecule has 0 aliphatic carbocycles. The highest BCUT2D eigenvalue weighted by Gasteiger charge is 2.10. The van der Waals surface area contributed by atoms with Crippen LogP contribution in [0.2, 0.25) is 0 Å². The number of halogens is 1. The van der Waals surface area contributed by atoms with Gasteiger partial charge >= 0.3 is 0 Å². The first-order valence-corrected chi connectivity index (χ1v) is 8.70. The van der Waals surface area contributed by atoms with Crippen molar-refractivity contribution in [3.8, 4) is 0 Å². The van der Waals surface area contributed by atoms with Crippen molar-refractivity contribution >= 4 is 34.4 Å². The summed E-state index contributed by atoms with van der Waals surface area (Å²) >= 11 is 7.95.